The molecular formula is C15H21N3O3. The average Bonchev–Trinajstić information content (AvgIpc) is 2.73. The predicted molar refractivity (Wildman–Crippen MR) is 77.8 cm³/mol. The molecule has 1 saturated heterocycles. The van der Waals surface area contributed by atoms with Crippen LogP contribution in [0, 0.1) is 0 Å². The van der Waals surface area contributed by atoms with Gasteiger partial charge in [0.15, 0.2) is 0 Å². The molecule has 0 aromatic carbocycles. The fourth-order valence-electron chi connectivity index (χ4n) is 2.39. The molecule has 1 amide bonds. The van der Waals surface area contributed by atoms with Crippen LogP contribution in [0.5, 0.6) is 0 Å². The van der Waals surface area contributed by atoms with Gasteiger partial charge in [0.2, 0.25) is 0 Å². The molecule has 0 unspecified atom stereocenters. The van der Waals surface area contributed by atoms with E-state index in [9.17, 15) is 9.59 Å². The normalized spacial score (nSPS) is 16.3. The number of ether oxygens (including phenoxy) is 1. The van der Waals surface area contributed by atoms with Gasteiger partial charge in [0.05, 0.1) is 18.7 Å². The van der Waals surface area contributed by atoms with Crippen molar-refractivity contribution in [2.24, 2.45) is 0 Å². The maximum Gasteiger partial charge on any atom is 0.320 e. The van der Waals surface area contributed by atoms with Gasteiger partial charge in [0, 0.05) is 38.6 Å². The van der Waals surface area contributed by atoms with Gasteiger partial charge in [0.1, 0.15) is 0 Å². The van der Waals surface area contributed by atoms with E-state index in [0.29, 0.717) is 38.3 Å². The maximum atomic E-state index is 12.4. The summed E-state index contributed by atoms with van der Waals surface area (Å²) in [6.45, 7) is 5.30. The van der Waals surface area contributed by atoms with Crippen molar-refractivity contribution in [1.29, 1.82) is 0 Å². The number of esters is 1. The van der Waals surface area contributed by atoms with Crippen LogP contribution in [0.4, 0.5) is 0 Å². The molecule has 0 atom stereocenters. The molecular weight excluding hydrogens is 270 g/mol. The number of carbonyl (C=O) groups excluding carboxylic acids is 2. The highest BCUT2D eigenvalue weighted by Crippen LogP contribution is 2.08. The Balaban J connectivity index is 1.89. The molecule has 21 heavy (non-hydrogen) atoms. The van der Waals surface area contributed by atoms with Gasteiger partial charge in [0.25, 0.3) is 5.91 Å². The van der Waals surface area contributed by atoms with Crippen LogP contribution in [0.25, 0.3) is 0 Å². The Hall–Kier alpha value is -1.95. The number of carbonyl (C=O) groups is 2. The minimum absolute atomic E-state index is 0.00100. The van der Waals surface area contributed by atoms with Crippen molar-refractivity contribution in [3.63, 3.8) is 0 Å². The van der Waals surface area contributed by atoms with Crippen LogP contribution >= 0.6 is 0 Å². The minimum Gasteiger partial charge on any atom is -0.465 e. The van der Waals surface area contributed by atoms with Gasteiger partial charge in [-0.1, -0.05) is 0 Å². The second-order valence-corrected chi connectivity index (χ2v) is 4.97. The fourth-order valence-corrected chi connectivity index (χ4v) is 2.39. The molecule has 1 aliphatic heterocycles. The van der Waals surface area contributed by atoms with E-state index in [1.54, 1.807) is 31.5 Å². The first-order valence-corrected chi connectivity index (χ1v) is 7.28. The lowest BCUT2D eigenvalue weighted by Crippen LogP contribution is -2.37. The maximum absolute atomic E-state index is 12.4. The van der Waals surface area contributed by atoms with E-state index in [1.807, 2.05) is 9.80 Å². The van der Waals surface area contributed by atoms with E-state index in [2.05, 4.69) is 4.98 Å². The quantitative estimate of drug-likeness (QED) is 0.768. The summed E-state index contributed by atoms with van der Waals surface area (Å²) in [5, 5.41) is 0. The highest BCUT2D eigenvalue weighted by molar-refractivity contribution is 5.93. The Morgan fingerprint density at radius 2 is 2.14 bits per heavy atom. The van der Waals surface area contributed by atoms with Gasteiger partial charge in [-0.25, -0.2) is 0 Å². The Labute approximate surface area is 124 Å². The Bertz CT molecular complexity index is 478. The number of amides is 1. The lowest BCUT2D eigenvalue weighted by molar-refractivity contribution is -0.144. The summed E-state index contributed by atoms with van der Waals surface area (Å²) in [5.74, 6) is -0.203. The molecule has 1 aromatic rings. The smallest absolute Gasteiger partial charge is 0.320 e. The van der Waals surface area contributed by atoms with Crippen molar-refractivity contribution in [1.82, 2.24) is 14.8 Å². The van der Waals surface area contributed by atoms with Crippen molar-refractivity contribution < 1.29 is 14.3 Å². The van der Waals surface area contributed by atoms with E-state index in [-0.39, 0.29) is 11.9 Å². The third kappa shape index (κ3) is 4.53. The first kappa shape index (κ1) is 15.4. The largest absolute Gasteiger partial charge is 0.465 e. The second-order valence-electron chi connectivity index (χ2n) is 4.97. The van der Waals surface area contributed by atoms with Crippen LogP contribution in [0.3, 0.4) is 0 Å². The van der Waals surface area contributed by atoms with E-state index in [0.717, 1.165) is 13.0 Å². The highest BCUT2D eigenvalue weighted by Gasteiger charge is 2.21. The summed E-state index contributed by atoms with van der Waals surface area (Å²) in [6, 6.07) is 3.54. The van der Waals surface area contributed by atoms with Gasteiger partial charge in [-0.2, -0.15) is 0 Å². The first-order valence-electron chi connectivity index (χ1n) is 7.28. The molecule has 0 spiro atoms. The molecule has 1 aliphatic rings. The zero-order chi connectivity index (χ0) is 15.1. The molecule has 2 rings (SSSR count). The minimum atomic E-state index is -0.204. The van der Waals surface area contributed by atoms with Crippen molar-refractivity contribution >= 4 is 11.9 Å². The number of hydrogen-bond acceptors (Lipinski definition) is 5. The van der Waals surface area contributed by atoms with Crippen molar-refractivity contribution in [3.05, 3.63) is 30.1 Å². The van der Waals surface area contributed by atoms with Crippen molar-refractivity contribution in [2.75, 3.05) is 39.3 Å². The molecule has 114 valence electrons. The van der Waals surface area contributed by atoms with Crippen LogP contribution in [0.1, 0.15) is 23.7 Å². The monoisotopic (exact) mass is 291 g/mol. The van der Waals surface area contributed by atoms with Crippen LogP contribution in [-0.4, -0.2) is 66.0 Å². The number of nitrogens with zero attached hydrogens (tertiary/aromatic N) is 3. The number of rotatable bonds is 4. The summed E-state index contributed by atoms with van der Waals surface area (Å²) in [5.41, 5.74) is 0.608. The second kappa shape index (κ2) is 7.73. The molecule has 6 heteroatoms. The molecule has 0 bridgehead atoms. The van der Waals surface area contributed by atoms with E-state index >= 15 is 0 Å². The molecule has 1 fully saturated rings. The summed E-state index contributed by atoms with van der Waals surface area (Å²) >= 11 is 0. The van der Waals surface area contributed by atoms with Crippen LogP contribution in [-0.2, 0) is 9.53 Å². The summed E-state index contributed by atoms with van der Waals surface area (Å²) in [7, 11) is 0. The molecule has 0 N–H and O–H groups in total. The third-order valence-electron chi connectivity index (χ3n) is 3.44. The Kier molecular flexibility index (Phi) is 5.68. The molecule has 0 aliphatic carbocycles. The Morgan fingerprint density at radius 3 is 2.86 bits per heavy atom. The lowest BCUT2D eigenvalue weighted by atomic mass is 10.2. The number of pyridine rings is 1. The third-order valence-corrected chi connectivity index (χ3v) is 3.44. The average molecular weight is 291 g/mol. The fraction of sp³-hybridized carbons (Fsp3) is 0.533. The summed E-state index contributed by atoms with van der Waals surface area (Å²) in [6.07, 6.45) is 4.09. The predicted octanol–water partition coefficient (Wildman–Crippen LogP) is 0.793. The topological polar surface area (TPSA) is 62.7 Å². The molecule has 6 nitrogen and oxygen atoms in total. The number of hydrogen-bond donors (Lipinski definition) is 0. The molecule has 0 saturated carbocycles. The first-order chi connectivity index (χ1) is 10.2. The van der Waals surface area contributed by atoms with Crippen molar-refractivity contribution in [3.8, 4) is 0 Å². The highest BCUT2D eigenvalue weighted by atomic mass is 16.5. The molecule has 2 heterocycles. The van der Waals surface area contributed by atoms with Gasteiger partial charge in [-0.3, -0.25) is 19.5 Å². The zero-order valence-corrected chi connectivity index (χ0v) is 12.3. The van der Waals surface area contributed by atoms with Gasteiger partial charge in [-0.15, -0.1) is 0 Å². The number of aromatic nitrogens is 1. The molecule has 0 radical (unpaired) electrons. The van der Waals surface area contributed by atoms with E-state index in [4.69, 9.17) is 4.74 Å². The van der Waals surface area contributed by atoms with Gasteiger partial charge in [-0.05, 0) is 25.5 Å². The zero-order valence-electron chi connectivity index (χ0n) is 12.3. The summed E-state index contributed by atoms with van der Waals surface area (Å²) in [4.78, 5) is 31.7. The van der Waals surface area contributed by atoms with Gasteiger partial charge >= 0.3 is 5.97 Å². The van der Waals surface area contributed by atoms with Crippen LogP contribution in [0.15, 0.2) is 24.5 Å². The SMILES string of the molecule is CCOC(=O)CN1CCCN(C(=O)c2cccnc2)CC1. The standard InChI is InChI=1S/C15H21N3O3/c1-2-21-14(19)12-17-7-4-8-18(10-9-17)15(20)13-5-3-6-16-11-13/h3,5-6,11H,2,4,7-10,12H2,1H3. The van der Waals surface area contributed by atoms with E-state index in [1.165, 1.54) is 0 Å². The lowest BCUT2D eigenvalue weighted by Gasteiger charge is -2.21. The Morgan fingerprint density at radius 1 is 1.29 bits per heavy atom. The van der Waals surface area contributed by atoms with Gasteiger partial charge < -0.3 is 9.64 Å². The molecule has 1 aromatic heterocycles. The van der Waals surface area contributed by atoms with Crippen molar-refractivity contribution in [2.45, 2.75) is 13.3 Å². The summed E-state index contributed by atoms with van der Waals surface area (Å²) < 4.78 is 4.96. The van der Waals surface area contributed by atoms with Crippen LogP contribution in [0.2, 0.25) is 0 Å². The van der Waals surface area contributed by atoms with Crippen LogP contribution < -0.4 is 0 Å². The van der Waals surface area contributed by atoms with E-state index < -0.39 is 0 Å².